The molecule has 1 aromatic carbocycles. The van der Waals surface area contributed by atoms with Crippen molar-refractivity contribution in [3.05, 3.63) is 35.1 Å². The highest BCUT2D eigenvalue weighted by Crippen LogP contribution is 2.58. The summed E-state index contributed by atoms with van der Waals surface area (Å²) in [5.41, 5.74) is 5.13. The van der Waals surface area contributed by atoms with E-state index in [0.29, 0.717) is 0 Å². The molecule has 1 aliphatic carbocycles. The van der Waals surface area contributed by atoms with Crippen LogP contribution in [0.5, 0.6) is 0 Å². The fraction of sp³-hybridized carbons (Fsp3) is 0.455. The predicted octanol–water partition coefficient (Wildman–Crippen LogP) is 2.55. The number of rotatable bonds is 1. The van der Waals surface area contributed by atoms with E-state index in [9.17, 15) is 13.2 Å². The minimum atomic E-state index is -1.11. The molecule has 2 N–H and O–H groups in total. The fourth-order valence-corrected chi connectivity index (χ4v) is 2.06. The summed E-state index contributed by atoms with van der Waals surface area (Å²) in [6, 6.07) is 1.41. The van der Waals surface area contributed by atoms with Crippen LogP contribution in [0.4, 0.5) is 13.2 Å². The van der Waals surface area contributed by atoms with Crippen LogP contribution in [0.3, 0.4) is 0 Å². The summed E-state index contributed by atoms with van der Waals surface area (Å²) in [6.45, 7) is 3.62. The summed E-state index contributed by atoms with van der Waals surface area (Å²) in [7, 11) is 0. The standard InChI is InChI=1S/C11H12F3N/c1-11(2)8(10(11)15)7-5(12)3-4-6(13)9(7)14/h3-4,8,10H,15H2,1-2H3/t8-,10-/m1/s1. The first-order valence-corrected chi connectivity index (χ1v) is 4.76. The zero-order chi connectivity index (χ0) is 11.4. The van der Waals surface area contributed by atoms with E-state index in [0.717, 1.165) is 12.1 Å². The minimum Gasteiger partial charge on any atom is -0.327 e. The van der Waals surface area contributed by atoms with Gasteiger partial charge in [0.1, 0.15) is 5.82 Å². The molecule has 1 aliphatic rings. The van der Waals surface area contributed by atoms with Crippen LogP contribution in [0, 0.1) is 22.9 Å². The Morgan fingerprint density at radius 2 is 1.60 bits per heavy atom. The molecule has 1 saturated carbocycles. The summed E-state index contributed by atoms with van der Waals surface area (Å²) in [5, 5.41) is 0. The summed E-state index contributed by atoms with van der Waals surface area (Å²) in [6.07, 6.45) is 0. The molecule has 82 valence electrons. The third-order valence-corrected chi connectivity index (χ3v) is 3.30. The normalized spacial score (nSPS) is 27.9. The molecule has 0 aromatic heterocycles. The highest BCUT2D eigenvalue weighted by molar-refractivity contribution is 5.36. The fourth-order valence-electron chi connectivity index (χ4n) is 2.06. The van der Waals surface area contributed by atoms with Gasteiger partial charge in [-0.3, -0.25) is 0 Å². The molecule has 0 bridgehead atoms. The van der Waals surface area contributed by atoms with Gasteiger partial charge in [-0.1, -0.05) is 13.8 Å². The van der Waals surface area contributed by atoms with E-state index >= 15 is 0 Å². The molecule has 0 unspecified atom stereocenters. The quantitative estimate of drug-likeness (QED) is 0.716. The third kappa shape index (κ3) is 1.35. The van der Waals surface area contributed by atoms with Crippen molar-refractivity contribution in [2.24, 2.45) is 11.1 Å². The van der Waals surface area contributed by atoms with Crippen molar-refractivity contribution in [1.82, 2.24) is 0 Å². The Labute approximate surface area is 86.1 Å². The Kier molecular flexibility index (Phi) is 2.08. The lowest BCUT2D eigenvalue weighted by molar-refractivity contribution is 0.471. The van der Waals surface area contributed by atoms with Crippen LogP contribution in [0.2, 0.25) is 0 Å². The number of hydrogen-bond donors (Lipinski definition) is 1. The molecule has 0 radical (unpaired) electrons. The SMILES string of the molecule is CC1(C)[C@H](N)[C@H]1c1c(F)ccc(F)c1F. The first-order chi connectivity index (χ1) is 6.87. The molecule has 1 aromatic rings. The third-order valence-electron chi connectivity index (χ3n) is 3.30. The van der Waals surface area contributed by atoms with E-state index in [2.05, 4.69) is 0 Å². The second-order valence-corrected chi connectivity index (χ2v) is 4.58. The van der Waals surface area contributed by atoms with Crippen LogP contribution < -0.4 is 5.73 Å². The Hall–Kier alpha value is -1.03. The lowest BCUT2D eigenvalue weighted by Crippen LogP contribution is -2.07. The van der Waals surface area contributed by atoms with Gasteiger partial charge in [0.25, 0.3) is 0 Å². The zero-order valence-electron chi connectivity index (χ0n) is 8.52. The van der Waals surface area contributed by atoms with Gasteiger partial charge >= 0.3 is 0 Å². The lowest BCUT2D eigenvalue weighted by Gasteiger charge is -2.06. The molecule has 1 nitrogen and oxygen atoms in total. The lowest BCUT2D eigenvalue weighted by atomic mass is 10.0. The van der Waals surface area contributed by atoms with Gasteiger partial charge < -0.3 is 5.73 Å². The Bertz CT molecular complexity index is 415. The van der Waals surface area contributed by atoms with Crippen LogP contribution in [-0.4, -0.2) is 6.04 Å². The maximum absolute atomic E-state index is 13.4. The topological polar surface area (TPSA) is 26.0 Å². The predicted molar refractivity (Wildman–Crippen MR) is 50.8 cm³/mol. The Morgan fingerprint density at radius 3 is 2.07 bits per heavy atom. The first-order valence-electron chi connectivity index (χ1n) is 4.76. The van der Waals surface area contributed by atoms with Crippen molar-refractivity contribution < 1.29 is 13.2 Å². The molecule has 0 spiro atoms. The molecule has 4 heteroatoms. The van der Waals surface area contributed by atoms with Crippen molar-refractivity contribution in [3.8, 4) is 0 Å². The largest absolute Gasteiger partial charge is 0.327 e. The van der Waals surface area contributed by atoms with Gasteiger partial charge in [0.15, 0.2) is 11.6 Å². The Morgan fingerprint density at radius 1 is 1.13 bits per heavy atom. The highest BCUT2D eigenvalue weighted by atomic mass is 19.2. The minimum absolute atomic E-state index is 0.215. The van der Waals surface area contributed by atoms with Gasteiger partial charge in [-0.2, -0.15) is 0 Å². The van der Waals surface area contributed by atoms with Crippen LogP contribution in [0.1, 0.15) is 25.3 Å². The van der Waals surface area contributed by atoms with E-state index in [1.807, 2.05) is 13.8 Å². The number of hydrogen-bond acceptors (Lipinski definition) is 1. The van der Waals surface area contributed by atoms with Crippen molar-refractivity contribution in [2.75, 3.05) is 0 Å². The van der Waals surface area contributed by atoms with Gasteiger partial charge in [-0.05, 0) is 17.5 Å². The van der Waals surface area contributed by atoms with Gasteiger partial charge in [0, 0.05) is 17.5 Å². The zero-order valence-corrected chi connectivity index (χ0v) is 8.52. The molecule has 0 aliphatic heterocycles. The molecular formula is C11H12F3N. The number of halogens is 3. The number of nitrogens with two attached hydrogens (primary N) is 1. The molecule has 0 amide bonds. The smallest absolute Gasteiger partial charge is 0.165 e. The average Bonchev–Trinajstić information content (AvgIpc) is 2.63. The molecular weight excluding hydrogens is 203 g/mol. The molecule has 15 heavy (non-hydrogen) atoms. The second-order valence-electron chi connectivity index (χ2n) is 4.58. The molecule has 0 saturated heterocycles. The van der Waals surface area contributed by atoms with Crippen molar-refractivity contribution in [2.45, 2.75) is 25.8 Å². The van der Waals surface area contributed by atoms with Crippen LogP contribution >= 0.6 is 0 Å². The summed E-state index contributed by atoms with van der Waals surface area (Å²) >= 11 is 0. The summed E-state index contributed by atoms with van der Waals surface area (Å²) in [4.78, 5) is 0. The van der Waals surface area contributed by atoms with E-state index in [1.54, 1.807) is 0 Å². The number of benzene rings is 1. The van der Waals surface area contributed by atoms with E-state index in [1.165, 1.54) is 0 Å². The maximum atomic E-state index is 13.4. The van der Waals surface area contributed by atoms with Gasteiger partial charge in [0.05, 0.1) is 0 Å². The van der Waals surface area contributed by atoms with Crippen molar-refractivity contribution in [3.63, 3.8) is 0 Å². The van der Waals surface area contributed by atoms with Crippen molar-refractivity contribution >= 4 is 0 Å². The molecule has 1 fully saturated rings. The summed E-state index contributed by atoms with van der Waals surface area (Å²) < 4.78 is 39.7. The second kappa shape index (κ2) is 2.98. The van der Waals surface area contributed by atoms with Crippen molar-refractivity contribution in [1.29, 1.82) is 0 Å². The monoisotopic (exact) mass is 215 g/mol. The van der Waals surface area contributed by atoms with Crippen LogP contribution in [0.15, 0.2) is 12.1 Å². The van der Waals surface area contributed by atoms with Gasteiger partial charge in [-0.25, -0.2) is 13.2 Å². The van der Waals surface area contributed by atoms with E-state index < -0.39 is 23.4 Å². The summed E-state index contributed by atoms with van der Waals surface area (Å²) in [5.74, 6) is -3.30. The highest BCUT2D eigenvalue weighted by Gasteiger charge is 2.58. The molecule has 2 rings (SSSR count). The van der Waals surface area contributed by atoms with Crippen LogP contribution in [-0.2, 0) is 0 Å². The Balaban J connectivity index is 2.51. The van der Waals surface area contributed by atoms with Gasteiger partial charge in [0.2, 0.25) is 0 Å². The molecule has 0 heterocycles. The molecule has 2 atom stereocenters. The average molecular weight is 215 g/mol. The van der Waals surface area contributed by atoms with Crippen LogP contribution in [0.25, 0.3) is 0 Å². The first kappa shape index (κ1) is 10.5. The van der Waals surface area contributed by atoms with Gasteiger partial charge in [-0.15, -0.1) is 0 Å². The van der Waals surface area contributed by atoms with E-state index in [4.69, 9.17) is 5.73 Å². The maximum Gasteiger partial charge on any atom is 0.165 e. The van der Waals surface area contributed by atoms with E-state index in [-0.39, 0.29) is 17.0 Å².